The largest absolute Gasteiger partial charge is 0.507 e. The summed E-state index contributed by atoms with van der Waals surface area (Å²) >= 11 is 0. The molecular formula is C25H24BN5O2. The van der Waals surface area contributed by atoms with Crippen LogP contribution in [0.2, 0.25) is 0 Å². The number of para-hydroxylation sites is 1. The average molecular weight is 437 g/mol. The summed E-state index contributed by atoms with van der Waals surface area (Å²) in [6, 6.07) is 18.4. The van der Waals surface area contributed by atoms with Crippen molar-refractivity contribution >= 4 is 30.7 Å². The highest BCUT2D eigenvalue weighted by molar-refractivity contribution is 6.36. The first kappa shape index (κ1) is 21.1. The second-order valence-electron chi connectivity index (χ2n) is 8.36. The summed E-state index contributed by atoms with van der Waals surface area (Å²) in [7, 11) is 6.09. The van der Waals surface area contributed by atoms with Crippen LogP contribution >= 0.6 is 0 Å². The zero-order valence-corrected chi connectivity index (χ0v) is 18.2. The highest BCUT2D eigenvalue weighted by Gasteiger charge is 2.24. The molecule has 1 aliphatic rings. The second kappa shape index (κ2) is 8.98. The molecule has 1 amide bonds. The predicted octanol–water partition coefficient (Wildman–Crippen LogP) is 2.86. The van der Waals surface area contributed by atoms with Gasteiger partial charge in [0, 0.05) is 43.0 Å². The number of nitrogens with one attached hydrogen (secondary N) is 1. The van der Waals surface area contributed by atoms with E-state index in [4.69, 9.17) is 7.85 Å². The number of amides is 1. The van der Waals surface area contributed by atoms with Gasteiger partial charge >= 0.3 is 0 Å². The molecule has 1 saturated heterocycles. The van der Waals surface area contributed by atoms with Crippen LogP contribution in [0.5, 0.6) is 5.75 Å². The Hall–Kier alpha value is -3.81. The Kier molecular flexibility index (Phi) is 5.73. The Labute approximate surface area is 193 Å². The molecule has 2 aromatic heterocycles. The van der Waals surface area contributed by atoms with Gasteiger partial charge in [0.2, 0.25) is 0 Å². The maximum atomic E-state index is 12.7. The van der Waals surface area contributed by atoms with Crippen LogP contribution in [0.4, 0.5) is 5.82 Å². The van der Waals surface area contributed by atoms with E-state index in [9.17, 15) is 9.90 Å². The van der Waals surface area contributed by atoms with Gasteiger partial charge in [0.15, 0.2) is 5.65 Å². The molecule has 2 N–H and O–H groups in total. The summed E-state index contributed by atoms with van der Waals surface area (Å²) in [4.78, 5) is 19.2. The first-order valence-electron chi connectivity index (χ1n) is 11.1. The van der Waals surface area contributed by atoms with Gasteiger partial charge in [-0.05, 0) is 48.5 Å². The smallest absolute Gasteiger partial charge is 0.253 e. The molecule has 0 bridgehead atoms. The van der Waals surface area contributed by atoms with Crippen molar-refractivity contribution in [3.05, 3.63) is 72.4 Å². The summed E-state index contributed by atoms with van der Waals surface area (Å²) in [6.45, 7) is 2.22. The Bertz CT molecular complexity index is 1280. The first-order valence-corrected chi connectivity index (χ1v) is 11.1. The maximum absolute atomic E-state index is 12.7. The number of phenolic OH excluding ortho intramolecular Hbond substituents is 1. The third-order valence-corrected chi connectivity index (χ3v) is 6.17. The van der Waals surface area contributed by atoms with Crippen LogP contribution in [0.15, 0.2) is 66.9 Å². The molecule has 2 aromatic carbocycles. The van der Waals surface area contributed by atoms with E-state index in [0.717, 1.165) is 43.9 Å². The maximum Gasteiger partial charge on any atom is 0.253 e. The van der Waals surface area contributed by atoms with Gasteiger partial charge in [-0.3, -0.25) is 4.79 Å². The van der Waals surface area contributed by atoms with Crippen LogP contribution in [-0.2, 0) is 0 Å². The average Bonchev–Trinajstić information content (AvgIpc) is 3.24. The molecule has 5 rings (SSSR count). The number of likely N-dealkylation sites (tertiary alicyclic amines) is 1. The second-order valence-corrected chi connectivity index (χ2v) is 8.36. The summed E-state index contributed by atoms with van der Waals surface area (Å²) in [5.74, 6) is 1.44. The minimum atomic E-state index is 0.0946. The van der Waals surface area contributed by atoms with E-state index in [-0.39, 0.29) is 11.7 Å². The lowest BCUT2D eigenvalue weighted by atomic mass is 9.96. The Morgan fingerprint density at radius 2 is 1.82 bits per heavy atom. The molecule has 3 heterocycles. The molecule has 0 unspecified atom stereocenters. The molecule has 4 aromatic rings. The lowest BCUT2D eigenvalue weighted by Crippen LogP contribution is -2.40. The van der Waals surface area contributed by atoms with Gasteiger partial charge in [-0.25, -0.2) is 4.98 Å². The molecule has 2 radical (unpaired) electrons. The zero-order chi connectivity index (χ0) is 22.8. The first-order chi connectivity index (χ1) is 16.1. The topological polar surface area (TPSA) is 82.8 Å². The number of hydrogen-bond donors (Lipinski definition) is 2. The summed E-state index contributed by atoms with van der Waals surface area (Å²) in [5, 5.41) is 18.1. The molecule has 0 atom stereocenters. The highest BCUT2D eigenvalue weighted by Crippen LogP contribution is 2.29. The van der Waals surface area contributed by atoms with Gasteiger partial charge in [-0.15, -0.1) is 0 Å². The molecule has 33 heavy (non-hydrogen) atoms. The standard InChI is InChI=1S/C25H24BN5O2/c26-20-16-28-31-23(14-21(29-24(20)31)19-8-4-5-9-22(19)32)27-15-17-10-12-30(13-11-17)25(33)18-6-2-1-3-7-18/h1-9,14,16-17,27,32H,10-13,15H2. The van der Waals surface area contributed by atoms with E-state index in [1.54, 1.807) is 22.8 Å². The van der Waals surface area contributed by atoms with Gasteiger partial charge in [0.05, 0.1) is 5.69 Å². The third-order valence-electron chi connectivity index (χ3n) is 6.17. The third kappa shape index (κ3) is 4.28. The van der Waals surface area contributed by atoms with Crippen molar-refractivity contribution in [2.75, 3.05) is 25.0 Å². The Morgan fingerprint density at radius 3 is 2.58 bits per heavy atom. The number of phenols is 1. The lowest BCUT2D eigenvalue weighted by molar-refractivity contribution is 0.0695. The van der Waals surface area contributed by atoms with Gasteiger partial charge < -0.3 is 15.3 Å². The number of benzene rings is 2. The predicted molar refractivity (Wildman–Crippen MR) is 129 cm³/mol. The fourth-order valence-corrected chi connectivity index (χ4v) is 4.29. The van der Waals surface area contributed by atoms with E-state index in [2.05, 4.69) is 15.4 Å². The van der Waals surface area contributed by atoms with Crippen LogP contribution < -0.4 is 10.8 Å². The van der Waals surface area contributed by atoms with Crippen LogP contribution in [0.3, 0.4) is 0 Å². The number of fused-ring (bicyclic) bond motifs is 1. The van der Waals surface area contributed by atoms with E-state index in [0.29, 0.717) is 28.3 Å². The van der Waals surface area contributed by atoms with Crippen LogP contribution in [-0.4, -0.2) is 58.0 Å². The number of aromatic nitrogens is 3. The van der Waals surface area contributed by atoms with Gasteiger partial charge in [-0.2, -0.15) is 9.61 Å². The van der Waals surface area contributed by atoms with E-state index < -0.39 is 0 Å². The quantitative estimate of drug-likeness (QED) is 0.470. The minimum Gasteiger partial charge on any atom is -0.507 e. The van der Waals surface area contributed by atoms with Crippen molar-refractivity contribution in [3.63, 3.8) is 0 Å². The highest BCUT2D eigenvalue weighted by atomic mass is 16.3. The lowest BCUT2D eigenvalue weighted by Gasteiger charge is -2.32. The summed E-state index contributed by atoms with van der Waals surface area (Å²) in [5.41, 5.74) is 3.01. The van der Waals surface area contributed by atoms with E-state index >= 15 is 0 Å². The van der Waals surface area contributed by atoms with Crippen molar-refractivity contribution in [1.82, 2.24) is 19.5 Å². The monoisotopic (exact) mass is 437 g/mol. The fourth-order valence-electron chi connectivity index (χ4n) is 4.29. The summed E-state index contributed by atoms with van der Waals surface area (Å²) in [6.07, 6.45) is 3.43. The molecule has 0 aliphatic carbocycles. The van der Waals surface area contributed by atoms with Crippen molar-refractivity contribution in [2.45, 2.75) is 12.8 Å². The van der Waals surface area contributed by atoms with Crippen LogP contribution in [0.1, 0.15) is 23.2 Å². The Morgan fingerprint density at radius 1 is 1.09 bits per heavy atom. The molecule has 7 nitrogen and oxygen atoms in total. The van der Waals surface area contributed by atoms with Crippen molar-refractivity contribution in [2.24, 2.45) is 5.92 Å². The molecule has 0 saturated carbocycles. The normalized spacial score (nSPS) is 14.5. The molecule has 0 spiro atoms. The number of rotatable bonds is 5. The number of hydrogen-bond acceptors (Lipinski definition) is 5. The van der Waals surface area contributed by atoms with Gasteiger partial charge in [0.1, 0.15) is 19.4 Å². The van der Waals surface area contributed by atoms with E-state index in [1.807, 2.05) is 53.4 Å². The molecule has 164 valence electrons. The zero-order valence-electron chi connectivity index (χ0n) is 18.2. The molecule has 8 heteroatoms. The number of carbonyl (C=O) groups is 1. The SMILES string of the molecule is [B]c1cnn2c(NCC3CCN(C(=O)c4ccccc4)CC3)cc(-c3ccccc3O)nc12. The van der Waals surface area contributed by atoms with Crippen LogP contribution in [0, 0.1) is 5.92 Å². The fraction of sp³-hybridized carbons (Fsp3) is 0.240. The van der Waals surface area contributed by atoms with Crippen molar-refractivity contribution in [3.8, 4) is 17.0 Å². The summed E-state index contributed by atoms with van der Waals surface area (Å²) < 4.78 is 1.69. The minimum absolute atomic E-state index is 0.0946. The number of carbonyl (C=O) groups excluding carboxylic acids is 1. The van der Waals surface area contributed by atoms with Gasteiger partial charge in [-0.1, -0.05) is 30.3 Å². The molecular weight excluding hydrogens is 413 g/mol. The number of piperidine rings is 1. The van der Waals surface area contributed by atoms with Crippen LogP contribution in [0.25, 0.3) is 16.9 Å². The van der Waals surface area contributed by atoms with Crippen molar-refractivity contribution in [1.29, 1.82) is 0 Å². The molecule has 1 fully saturated rings. The Balaban J connectivity index is 1.29. The number of aromatic hydroxyl groups is 1. The number of anilines is 1. The molecule has 1 aliphatic heterocycles. The van der Waals surface area contributed by atoms with E-state index in [1.165, 1.54) is 0 Å². The van der Waals surface area contributed by atoms with Gasteiger partial charge in [0.25, 0.3) is 5.91 Å². The number of nitrogens with zero attached hydrogens (tertiary/aromatic N) is 4. The van der Waals surface area contributed by atoms with Crippen molar-refractivity contribution < 1.29 is 9.90 Å².